The molecular formula is C12H16BrN5S. The molecule has 102 valence electrons. The molecule has 1 atom stereocenters. The van der Waals surface area contributed by atoms with Crippen LogP contribution in [-0.4, -0.2) is 28.0 Å². The molecule has 2 rings (SSSR count). The second-order valence-electron chi connectivity index (χ2n) is 4.07. The van der Waals surface area contributed by atoms with Crippen LogP contribution in [0.1, 0.15) is 24.8 Å². The Labute approximate surface area is 125 Å². The molecule has 7 heteroatoms. The average molecular weight is 342 g/mol. The molecule has 0 aliphatic rings. The van der Waals surface area contributed by atoms with Crippen LogP contribution in [0.25, 0.3) is 0 Å². The quantitative estimate of drug-likeness (QED) is 0.843. The van der Waals surface area contributed by atoms with Crippen molar-refractivity contribution in [3.05, 3.63) is 27.3 Å². The zero-order valence-electron chi connectivity index (χ0n) is 10.9. The Kier molecular flexibility index (Phi) is 5.09. The zero-order valence-corrected chi connectivity index (χ0v) is 13.3. The van der Waals surface area contributed by atoms with Gasteiger partial charge in [-0.05, 0) is 22.9 Å². The van der Waals surface area contributed by atoms with Gasteiger partial charge in [-0.25, -0.2) is 9.97 Å². The van der Waals surface area contributed by atoms with Crippen molar-refractivity contribution in [2.24, 2.45) is 0 Å². The van der Waals surface area contributed by atoms with Crippen LogP contribution in [0.2, 0.25) is 0 Å². The second kappa shape index (κ2) is 6.81. The molecule has 2 aromatic heterocycles. The maximum atomic E-state index is 4.42. The first-order chi connectivity index (χ1) is 9.20. The summed E-state index contributed by atoms with van der Waals surface area (Å²) in [6.07, 6.45) is 3.59. The SMILES string of the molecule is CCNc1ncc(Br)c(NCC(C)c2nccs2)n1. The highest BCUT2D eigenvalue weighted by molar-refractivity contribution is 9.10. The van der Waals surface area contributed by atoms with Gasteiger partial charge in [0.25, 0.3) is 0 Å². The minimum atomic E-state index is 0.351. The Morgan fingerprint density at radius 3 is 2.89 bits per heavy atom. The highest BCUT2D eigenvalue weighted by Crippen LogP contribution is 2.22. The molecule has 0 spiro atoms. The van der Waals surface area contributed by atoms with Gasteiger partial charge in [0.05, 0.1) is 9.48 Å². The molecule has 19 heavy (non-hydrogen) atoms. The summed E-state index contributed by atoms with van der Waals surface area (Å²) in [5.74, 6) is 1.79. The third-order valence-corrected chi connectivity index (χ3v) is 4.12. The summed E-state index contributed by atoms with van der Waals surface area (Å²) in [4.78, 5) is 12.9. The number of nitrogens with one attached hydrogen (secondary N) is 2. The van der Waals surface area contributed by atoms with Crippen molar-refractivity contribution in [3.63, 3.8) is 0 Å². The zero-order chi connectivity index (χ0) is 13.7. The van der Waals surface area contributed by atoms with Gasteiger partial charge in [0, 0.05) is 36.8 Å². The summed E-state index contributed by atoms with van der Waals surface area (Å²) in [5, 5.41) is 9.55. The lowest BCUT2D eigenvalue weighted by atomic mass is 10.2. The second-order valence-corrected chi connectivity index (χ2v) is 5.85. The molecule has 0 aromatic carbocycles. The molecule has 2 N–H and O–H groups in total. The fourth-order valence-corrected chi connectivity index (χ4v) is 2.58. The van der Waals surface area contributed by atoms with E-state index in [0.29, 0.717) is 11.9 Å². The van der Waals surface area contributed by atoms with E-state index in [2.05, 4.69) is 48.4 Å². The number of thiazole rings is 1. The van der Waals surface area contributed by atoms with Crippen LogP contribution in [0.5, 0.6) is 0 Å². The van der Waals surface area contributed by atoms with Crippen LogP contribution >= 0.6 is 27.3 Å². The first-order valence-corrected chi connectivity index (χ1v) is 7.77. The molecule has 0 saturated carbocycles. The Balaban J connectivity index is 2.00. The summed E-state index contributed by atoms with van der Waals surface area (Å²) < 4.78 is 0.862. The Bertz CT molecular complexity index is 517. The van der Waals surface area contributed by atoms with Crippen LogP contribution in [-0.2, 0) is 0 Å². The third kappa shape index (κ3) is 3.87. The lowest BCUT2D eigenvalue weighted by Gasteiger charge is -2.12. The molecule has 0 fully saturated rings. The van der Waals surface area contributed by atoms with Gasteiger partial charge in [-0.15, -0.1) is 11.3 Å². The number of anilines is 2. The summed E-state index contributed by atoms with van der Waals surface area (Å²) in [5.41, 5.74) is 0. The van der Waals surface area contributed by atoms with Crippen molar-refractivity contribution in [2.75, 3.05) is 23.7 Å². The van der Waals surface area contributed by atoms with Gasteiger partial charge in [-0.2, -0.15) is 4.98 Å². The molecule has 2 heterocycles. The summed E-state index contributed by atoms with van der Waals surface area (Å²) in [6, 6.07) is 0. The number of hydrogen-bond acceptors (Lipinski definition) is 6. The molecule has 0 aliphatic carbocycles. The number of halogens is 1. The highest BCUT2D eigenvalue weighted by atomic mass is 79.9. The number of nitrogens with zero attached hydrogens (tertiary/aromatic N) is 3. The van der Waals surface area contributed by atoms with Crippen molar-refractivity contribution >= 4 is 39.0 Å². The molecule has 0 radical (unpaired) electrons. The summed E-state index contributed by atoms with van der Waals surface area (Å²) >= 11 is 5.13. The largest absolute Gasteiger partial charge is 0.368 e. The minimum absolute atomic E-state index is 0.351. The third-order valence-electron chi connectivity index (χ3n) is 2.53. The van der Waals surface area contributed by atoms with Crippen LogP contribution < -0.4 is 10.6 Å². The Morgan fingerprint density at radius 2 is 2.21 bits per heavy atom. The van der Waals surface area contributed by atoms with Crippen molar-refractivity contribution < 1.29 is 0 Å². The van der Waals surface area contributed by atoms with Crippen LogP contribution in [0, 0.1) is 0 Å². The van der Waals surface area contributed by atoms with Gasteiger partial charge in [0.15, 0.2) is 0 Å². The number of hydrogen-bond donors (Lipinski definition) is 2. The minimum Gasteiger partial charge on any atom is -0.368 e. The van der Waals surface area contributed by atoms with Crippen molar-refractivity contribution in [1.29, 1.82) is 0 Å². The monoisotopic (exact) mass is 341 g/mol. The smallest absolute Gasteiger partial charge is 0.224 e. The fourth-order valence-electron chi connectivity index (χ4n) is 1.55. The van der Waals surface area contributed by atoms with E-state index in [4.69, 9.17) is 0 Å². The predicted octanol–water partition coefficient (Wildman–Crippen LogP) is 3.34. The van der Waals surface area contributed by atoms with E-state index in [1.165, 1.54) is 0 Å². The number of rotatable bonds is 6. The molecule has 0 saturated heterocycles. The lowest BCUT2D eigenvalue weighted by molar-refractivity contribution is 0.791. The molecule has 0 bridgehead atoms. The standard InChI is InChI=1S/C12H16BrN5S/c1-3-14-12-17-7-9(13)10(18-12)16-6-8(2)11-15-4-5-19-11/h4-5,7-8H,3,6H2,1-2H3,(H2,14,16,17,18). The fraction of sp³-hybridized carbons (Fsp3) is 0.417. The van der Waals surface area contributed by atoms with E-state index in [0.717, 1.165) is 28.4 Å². The Morgan fingerprint density at radius 1 is 1.37 bits per heavy atom. The van der Waals surface area contributed by atoms with Crippen molar-refractivity contribution in [1.82, 2.24) is 15.0 Å². The van der Waals surface area contributed by atoms with Gasteiger partial charge < -0.3 is 10.6 Å². The van der Waals surface area contributed by atoms with Gasteiger partial charge in [0.1, 0.15) is 5.82 Å². The molecule has 1 unspecified atom stereocenters. The van der Waals surface area contributed by atoms with Gasteiger partial charge in [-0.1, -0.05) is 6.92 Å². The van der Waals surface area contributed by atoms with Crippen LogP contribution in [0.15, 0.2) is 22.2 Å². The molecule has 0 aliphatic heterocycles. The van der Waals surface area contributed by atoms with Gasteiger partial charge in [-0.3, -0.25) is 0 Å². The van der Waals surface area contributed by atoms with Gasteiger partial charge in [0.2, 0.25) is 5.95 Å². The van der Waals surface area contributed by atoms with Gasteiger partial charge >= 0.3 is 0 Å². The van der Waals surface area contributed by atoms with E-state index in [1.807, 2.05) is 18.5 Å². The molecule has 2 aromatic rings. The first-order valence-electron chi connectivity index (χ1n) is 6.10. The number of aromatic nitrogens is 3. The van der Waals surface area contributed by atoms with E-state index in [-0.39, 0.29) is 0 Å². The predicted molar refractivity (Wildman–Crippen MR) is 82.9 cm³/mol. The van der Waals surface area contributed by atoms with E-state index in [9.17, 15) is 0 Å². The molecule has 0 amide bonds. The maximum Gasteiger partial charge on any atom is 0.224 e. The lowest BCUT2D eigenvalue weighted by Crippen LogP contribution is -2.12. The molecular weight excluding hydrogens is 326 g/mol. The van der Waals surface area contributed by atoms with E-state index >= 15 is 0 Å². The van der Waals surface area contributed by atoms with Crippen LogP contribution in [0.4, 0.5) is 11.8 Å². The summed E-state index contributed by atoms with van der Waals surface area (Å²) in [7, 11) is 0. The highest BCUT2D eigenvalue weighted by Gasteiger charge is 2.10. The Hall–Kier alpha value is -1.21. The van der Waals surface area contributed by atoms with Crippen molar-refractivity contribution in [2.45, 2.75) is 19.8 Å². The van der Waals surface area contributed by atoms with E-state index < -0.39 is 0 Å². The average Bonchev–Trinajstić information content (AvgIpc) is 2.93. The van der Waals surface area contributed by atoms with E-state index in [1.54, 1.807) is 17.5 Å². The topological polar surface area (TPSA) is 62.7 Å². The van der Waals surface area contributed by atoms with Crippen LogP contribution in [0.3, 0.4) is 0 Å². The normalized spacial score (nSPS) is 12.2. The van der Waals surface area contributed by atoms with Crippen molar-refractivity contribution in [3.8, 4) is 0 Å². The molecule has 5 nitrogen and oxygen atoms in total. The maximum absolute atomic E-state index is 4.42. The first kappa shape index (κ1) is 14.2. The summed E-state index contributed by atoms with van der Waals surface area (Å²) in [6.45, 7) is 5.75.